The molecule has 0 aromatic heterocycles. The molecule has 5 fully saturated rings. The molecule has 0 aromatic rings. The van der Waals surface area contributed by atoms with Crippen LogP contribution in [-0.4, -0.2) is 16.3 Å². The van der Waals surface area contributed by atoms with Crippen molar-refractivity contribution in [3.05, 3.63) is 0 Å². The van der Waals surface area contributed by atoms with Crippen molar-refractivity contribution in [1.29, 1.82) is 0 Å². The van der Waals surface area contributed by atoms with E-state index >= 15 is 0 Å². The molecule has 3 aliphatic carbocycles. The minimum absolute atomic E-state index is 0.0616. The van der Waals surface area contributed by atoms with E-state index in [2.05, 4.69) is 25.6 Å². The third-order valence-corrected chi connectivity index (χ3v) is 8.90. The predicted molar refractivity (Wildman–Crippen MR) is 75.7 cm³/mol. The van der Waals surface area contributed by atoms with Crippen molar-refractivity contribution in [1.82, 2.24) is 0 Å². The zero-order chi connectivity index (χ0) is 12.5. The van der Waals surface area contributed by atoms with Gasteiger partial charge in [-0.2, -0.15) is 11.8 Å². The Morgan fingerprint density at radius 2 is 1.83 bits per heavy atom. The van der Waals surface area contributed by atoms with E-state index in [0.29, 0.717) is 17.0 Å². The van der Waals surface area contributed by atoms with Gasteiger partial charge in [0.1, 0.15) is 5.78 Å². The number of hydrogen-bond donors (Lipinski definition) is 0. The highest BCUT2D eigenvalue weighted by Crippen LogP contribution is 2.70. The topological polar surface area (TPSA) is 17.1 Å². The normalized spacial score (nSPS) is 53.1. The quantitative estimate of drug-likeness (QED) is 0.710. The van der Waals surface area contributed by atoms with Gasteiger partial charge in [-0.25, -0.2) is 0 Å². The van der Waals surface area contributed by atoms with Crippen LogP contribution in [0.1, 0.15) is 58.8 Å². The number of fused-ring (bicyclic) bond motifs is 6. The van der Waals surface area contributed by atoms with E-state index in [1.807, 2.05) is 0 Å². The van der Waals surface area contributed by atoms with Crippen molar-refractivity contribution in [2.24, 2.45) is 22.7 Å². The summed E-state index contributed by atoms with van der Waals surface area (Å²) in [6.07, 6.45) is 9.04. The summed E-state index contributed by atoms with van der Waals surface area (Å²) >= 11 is 2.21. The van der Waals surface area contributed by atoms with Gasteiger partial charge in [-0.3, -0.25) is 4.79 Å². The van der Waals surface area contributed by atoms with Gasteiger partial charge in [-0.05, 0) is 55.8 Å². The van der Waals surface area contributed by atoms with Crippen molar-refractivity contribution < 1.29 is 4.79 Å². The lowest BCUT2D eigenvalue weighted by atomic mass is 9.62. The molecule has 2 aliphatic heterocycles. The van der Waals surface area contributed by atoms with Crippen molar-refractivity contribution >= 4 is 17.5 Å². The molecule has 5 rings (SSSR count). The van der Waals surface area contributed by atoms with Gasteiger partial charge in [0.2, 0.25) is 0 Å². The summed E-state index contributed by atoms with van der Waals surface area (Å²) < 4.78 is 0. The first-order valence-corrected chi connectivity index (χ1v) is 8.69. The molecule has 18 heavy (non-hydrogen) atoms. The van der Waals surface area contributed by atoms with Gasteiger partial charge < -0.3 is 0 Å². The minimum atomic E-state index is 0.0616. The lowest BCUT2D eigenvalue weighted by Crippen LogP contribution is -2.52. The Morgan fingerprint density at radius 3 is 2.28 bits per heavy atom. The SMILES string of the molecule is CC1(C)C2CC[C@@]1(C1SC3CCC1CC3)C(=O)C2. The molecular weight excluding hydrogens is 240 g/mol. The first kappa shape index (κ1) is 11.8. The van der Waals surface area contributed by atoms with Crippen molar-refractivity contribution in [2.75, 3.05) is 0 Å². The summed E-state index contributed by atoms with van der Waals surface area (Å²) in [4.78, 5) is 12.7. The van der Waals surface area contributed by atoms with Gasteiger partial charge in [0.25, 0.3) is 0 Å². The van der Waals surface area contributed by atoms with Crippen molar-refractivity contribution in [2.45, 2.75) is 69.3 Å². The molecule has 5 aliphatic rings. The van der Waals surface area contributed by atoms with E-state index < -0.39 is 0 Å². The second-order valence-electron chi connectivity index (χ2n) is 7.65. The van der Waals surface area contributed by atoms with Crippen molar-refractivity contribution in [3.63, 3.8) is 0 Å². The fourth-order valence-corrected chi connectivity index (χ4v) is 7.98. The molecule has 0 spiro atoms. The molecule has 100 valence electrons. The lowest BCUT2D eigenvalue weighted by Gasteiger charge is -2.52. The molecule has 0 N–H and O–H groups in total. The molecule has 4 bridgehead atoms. The number of ketones is 1. The maximum Gasteiger partial charge on any atom is 0.140 e. The second-order valence-corrected chi connectivity index (χ2v) is 9.10. The number of carbonyl (C=O) groups is 1. The van der Waals surface area contributed by atoms with Crippen LogP contribution in [0, 0.1) is 22.7 Å². The number of thioether (sulfide) groups is 1. The number of carbonyl (C=O) groups excluding carboxylic acids is 1. The molecule has 1 nitrogen and oxygen atoms in total. The molecule has 0 aromatic carbocycles. The summed E-state index contributed by atoms with van der Waals surface area (Å²) in [6, 6.07) is 0. The molecule has 3 saturated carbocycles. The molecule has 3 atom stereocenters. The average Bonchev–Trinajstić information content (AvgIpc) is 2.74. The summed E-state index contributed by atoms with van der Waals surface area (Å²) in [5, 5.41) is 1.54. The minimum Gasteiger partial charge on any atom is -0.299 e. The monoisotopic (exact) mass is 264 g/mol. The fraction of sp³-hybridized carbons (Fsp3) is 0.938. The Bertz CT molecular complexity index is 394. The summed E-state index contributed by atoms with van der Waals surface area (Å²) in [6.45, 7) is 4.80. The highest BCUT2D eigenvalue weighted by atomic mass is 32.2. The van der Waals surface area contributed by atoms with E-state index in [-0.39, 0.29) is 10.8 Å². The highest BCUT2D eigenvalue weighted by Gasteiger charge is 2.68. The first-order valence-electron chi connectivity index (χ1n) is 7.74. The summed E-state index contributed by atoms with van der Waals surface area (Å²) in [5.41, 5.74) is 0.339. The molecule has 2 unspecified atom stereocenters. The van der Waals surface area contributed by atoms with Crippen molar-refractivity contribution in [3.8, 4) is 0 Å². The van der Waals surface area contributed by atoms with Crippen LogP contribution < -0.4 is 0 Å². The van der Waals surface area contributed by atoms with Crippen LogP contribution >= 0.6 is 11.8 Å². The zero-order valence-corrected chi connectivity index (χ0v) is 12.4. The van der Waals surface area contributed by atoms with Crippen LogP contribution in [0.5, 0.6) is 0 Å². The summed E-state index contributed by atoms with van der Waals surface area (Å²) in [5.74, 6) is 2.17. The van der Waals surface area contributed by atoms with Gasteiger partial charge in [-0.1, -0.05) is 13.8 Å². The molecular formula is C16H24OS. The Hall–Kier alpha value is 0.0200. The maximum absolute atomic E-state index is 12.7. The Kier molecular flexibility index (Phi) is 2.34. The van der Waals surface area contributed by atoms with E-state index in [0.717, 1.165) is 17.6 Å². The van der Waals surface area contributed by atoms with E-state index in [1.54, 1.807) is 0 Å². The van der Waals surface area contributed by atoms with E-state index in [1.165, 1.54) is 38.5 Å². The smallest absolute Gasteiger partial charge is 0.140 e. The predicted octanol–water partition coefficient (Wildman–Crippen LogP) is 4.06. The second kappa shape index (κ2) is 3.56. The zero-order valence-electron chi connectivity index (χ0n) is 11.6. The Balaban J connectivity index is 1.76. The summed E-state index contributed by atoms with van der Waals surface area (Å²) in [7, 11) is 0. The van der Waals surface area contributed by atoms with E-state index in [4.69, 9.17) is 0 Å². The molecule has 2 heteroatoms. The maximum atomic E-state index is 12.7. The molecule has 0 radical (unpaired) electrons. The Morgan fingerprint density at radius 1 is 1.11 bits per heavy atom. The first-order chi connectivity index (χ1) is 8.55. The Labute approximate surface area is 114 Å². The molecule has 0 amide bonds. The van der Waals surface area contributed by atoms with Crippen LogP contribution in [0.25, 0.3) is 0 Å². The van der Waals surface area contributed by atoms with Crippen LogP contribution in [0.15, 0.2) is 0 Å². The van der Waals surface area contributed by atoms with E-state index in [9.17, 15) is 4.79 Å². The third-order valence-electron chi connectivity index (χ3n) is 6.96. The fourth-order valence-electron chi connectivity index (χ4n) is 5.74. The van der Waals surface area contributed by atoms with Gasteiger partial charge in [0, 0.05) is 22.3 Å². The molecule has 2 heterocycles. The standard InChI is InChI=1S/C16H24OS/c1-15(2)11-7-8-16(15,13(17)9-11)14-10-3-5-12(18-14)6-4-10/h10-12,14H,3-9H2,1-2H3/t10?,11?,12?,14?,16-/m0/s1. The molecule has 2 saturated heterocycles. The van der Waals surface area contributed by atoms with Crippen LogP contribution in [0.2, 0.25) is 0 Å². The largest absolute Gasteiger partial charge is 0.299 e. The van der Waals surface area contributed by atoms with Gasteiger partial charge in [-0.15, -0.1) is 0 Å². The average molecular weight is 264 g/mol. The highest BCUT2D eigenvalue weighted by molar-refractivity contribution is 8.00. The van der Waals surface area contributed by atoms with Crippen LogP contribution in [0.4, 0.5) is 0 Å². The van der Waals surface area contributed by atoms with Crippen LogP contribution in [-0.2, 0) is 4.79 Å². The van der Waals surface area contributed by atoms with Gasteiger partial charge in [0.05, 0.1) is 0 Å². The number of Topliss-reactive ketones (excluding diaryl/α,β-unsaturated/α-hetero) is 1. The number of hydrogen-bond acceptors (Lipinski definition) is 2. The lowest BCUT2D eigenvalue weighted by molar-refractivity contribution is -0.130. The number of rotatable bonds is 1. The van der Waals surface area contributed by atoms with Crippen LogP contribution in [0.3, 0.4) is 0 Å². The van der Waals surface area contributed by atoms with Gasteiger partial charge in [0.15, 0.2) is 0 Å². The van der Waals surface area contributed by atoms with Gasteiger partial charge >= 0.3 is 0 Å². The third kappa shape index (κ3) is 1.19.